The Morgan fingerprint density at radius 1 is 1.25 bits per heavy atom. The van der Waals surface area contributed by atoms with Gasteiger partial charge in [-0.25, -0.2) is 4.79 Å². The zero-order chi connectivity index (χ0) is 20.1. The summed E-state index contributed by atoms with van der Waals surface area (Å²) in [5.74, 6) is -0.279. The summed E-state index contributed by atoms with van der Waals surface area (Å²) in [6.07, 6.45) is 0.752. The smallest absolute Gasteiger partial charge is 0.324 e. The summed E-state index contributed by atoms with van der Waals surface area (Å²) in [5, 5.41) is 18.4. The number of urea groups is 1. The third-order valence-corrected chi connectivity index (χ3v) is 5.92. The number of carbonyl (C=O) groups excluding carboxylic acids is 2. The van der Waals surface area contributed by atoms with Crippen LogP contribution in [0.15, 0.2) is 24.3 Å². The van der Waals surface area contributed by atoms with Gasteiger partial charge in [0.15, 0.2) is 0 Å². The highest BCUT2D eigenvalue weighted by atomic mass is 35.5. The maximum Gasteiger partial charge on any atom is 0.324 e. The molecule has 9 heteroatoms. The Kier molecular flexibility index (Phi) is 6.90. The largest absolute Gasteiger partial charge is 0.395 e. The zero-order valence-electron chi connectivity index (χ0n) is 15.5. The van der Waals surface area contributed by atoms with E-state index in [1.54, 1.807) is 24.3 Å². The Hall–Kier alpha value is -2.13. The maximum atomic E-state index is 12.7. The van der Waals surface area contributed by atoms with Crippen LogP contribution >= 0.6 is 22.9 Å². The van der Waals surface area contributed by atoms with Crippen LogP contribution in [0.3, 0.4) is 0 Å². The van der Waals surface area contributed by atoms with Crippen molar-refractivity contribution in [3.8, 4) is 0 Å². The van der Waals surface area contributed by atoms with Crippen molar-refractivity contribution in [1.82, 2.24) is 10.2 Å². The molecule has 1 aromatic heterocycles. The first-order valence-electron chi connectivity index (χ1n) is 9.11. The highest BCUT2D eigenvalue weighted by molar-refractivity contribution is 7.17. The van der Waals surface area contributed by atoms with Crippen LogP contribution in [0, 0.1) is 0 Å². The lowest BCUT2D eigenvalue weighted by atomic mass is 10.0. The highest BCUT2D eigenvalue weighted by Crippen LogP contribution is 2.37. The number of hydrogen-bond acceptors (Lipinski definition) is 5. The fraction of sp³-hybridized carbons (Fsp3) is 0.368. The van der Waals surface area contributed by atoms with Gasteiger partial charge in [0.25, 0.3) is 5.91 Å². The Morgan fingerprint density at radius 2 is 2.00 bits per heavy atom. The minimum atomic E-state index is -0.426. The van der Waals surface area contributed by atoms with E-state index in [2.05, 4.69) is 27.8 Å². The first-order valence-corrected chi connectivity index (χ1v) is 10.3. The Morgan fingerprint density at radius 3 is 2.68 bits per heavy atom. The van der Waals surface area contributed by atoms with Crippen molar-refractivity contribution >= 4 is 45.6 Å². The second-order valence-corrected chi connectivity index (χ2v) is 7.93. The predicted molar refractivity (Wildman–Crippen MR) is 112 cm³/mol. The summed E-state index contributed by atoms with van der Waals surface area (Å²) >= 11 is 7.29. The molecule has 0 fully saturated rings. The molecular weight excluding hydrogens is 400 g/mol. The fourth-order valence-electron chi connectivity index (χ4n) is 3.11. The van der Waals surface area contributed by atoms with Gasteiger partial charge >= 0.3 is 6.03 Å². The van der Waals surface area contributed by atoms with E-state index < -0.39 is 6.03 Å². The summed E-state index contributed by atoms with van der Waals surface area (Å²) in [7, 11) is 0. The molecule has 0 saturated carbocycles. The van der Waals surface area contributed by atoms with Gasteiger partial charge in [-0.15, -0.1) is 11.3 Å². The number of benzene rings is 1. The lowest BCUT2D eigenvalue weighted by Gasteiger charge is -2.25. The van der Waals surface area contributed by atoms with Gasteiger partial charge in [-0.3, -0.25) is 15.0 Å². The molecule has 2 heterocycles. The summed E-state index contributed by atoms with van der Waals surface area (Å²) in [4.78, 5) is 28.5. The van der Waals surface area contributed by atoms with Crippen molar-refractivity contribution in [2.45, 2.75) is 19.9 Å². The molecule has 0 bridgehead atoms. The number of nitrogens with zero attached hydrogens (tertiary/aromatic N) is 1. The van der Waals surface area contributed by atoms with Gasteiger partial charge in [-0.1, -0.05) is 18.5 Å². The Bertz CT molecular complexity index is 854. The number of hydrogen-bond donors (Lipinski definition) is 4. The minimum absolute atomic E-state index is 0.137. The van der Waals surface area contributed by atoms with Gasteiger partial charge in [0, 0.05) is 35.2 Å². The molecule has 0 unspecified atom stereocenters. The number of rotatable bonds is 6. The summed E-state index contributed by atoms with van der Waals surface area (Å²) in [6, 6.07) is 6.36. The van der Waals surface area contributed by atoms with Crippen molar-refractivity contribution < 1.29 is 14.7 Å². The van der Waals surface area contributed by atoms with Crippen LogP contribution in [0.25, 0.3) is 0 Å². The zero-order valence-corrected chi connectivity index (χ0v) is 17.1. The van der Waals surface area contributed by atoms with Gasteiger partial charge in [0.2, 0.25) is 0 Å². The van der Waals surface area contributed by atoms with Crippen molar-refractivity contribution in [1.29, 1.82) is 0 Å². The second kappa shape index (κ2) is 9.38. The predicted octanol–water partition coefficient (Wildman–Crippen LogP) is 3.15. The molecule has 2 aromatic rings. The maximum absolute atomic E-state index is 12.7. The SMILES string of the molecule is CCN1CCc2c(sc(NC(=O)Nc3ccc(Cl)cc3)c2C(=O)NCCO)C1. The van der Waals surface area contributed by atoms with E-state index in [0.717, 1.165) is 36.5 Å². The monoisotopic (exact) mass is 422 g/mol. The van der Waals surface area contributed by atoms with E-state index >= 15 is 0 Å². The highest BCUT2D eigenvalue weighted by Gasteiger charge is 2.28. The van der Waals surface area contributed by atoms with E-state index in [1.165, 1.54) is 11.3 Å². The molecule has 4 N–H and O–H groups in total. The van der Waals surface area contributed by atoms with Crippen molar-refractivity contribution in [3.63, 3.8) is 0 Å². The summed E-state index contributed by atoms with van der Waals surface area (Å²) in [5.41, 5.74) is 2.08. The molecule has 28 heavy (non-hydrogen) atoms. The molecule has 0 spiro atoms. The van der Waals surface area contributed by atoms with E-state index in [0.29, 0.717) is 21.3 Å². The number of nitrogens with one attached hydrogen (secondary N) is 3. The number of thiophene rings is 1. The Balaban J connectivity index is 1.82. The number of aliphatic hydroxyl groups is 1. The second-order valence-electron chi connectivity index (χ2n) is 6.39. The quantitative estimate of drug-likeness (QED) is 0.575. The van der Waals surface area contributed by atoms with Gasteiger partial charge in [0.05, 0.1) is 12.2 Å². The van der Waals surface area contributed by atoms with E-state index in [-0.39, 0.29) is 19.1 Å². The minimum Gasteiger partial charge on any atom is -0.395 e. The lowest BCUT2D eigenvalue weighted by molar-refractivity contribution is 0.0944. The third-order valence-electron chi connectivity index (χ3n) is 4.54. The fourth-order valence-corrected chi connectivity index (χ4v) is 4.52. The molecule has 150 valence electrons. The average Bonchev–Trinajstić information content (AvgIpc) is 3.04. The van der Waals surface area contributed by atoms with Gasteiger partial charge in [0.1, 0.15) is 5.00 Å². The number of halogens is 1. The standard InChI is InChI=1S/C19H23ClN4O3S/c1-2-24-9-7-14-15(11-24)28-18(16(14)17(26)21-8-10-25)23-19(27)22-13-5-3-12(20)4-6-13/h3-6,25H,2,7-11H2,1H3,(H,21,26)(H2,22,23,27). The van der Waals surface area contributed by atoms with Crippen LogP contribution in [0.2, 0.25) is 5.02 Å². The third kappa shape index (κ3) is 4.82. The van der Waals surface area contributed by atoms with Crippen LogP contribution in [0.5, 0.6) is 0 Å². The molecule has 1 aliphatic heterocycles. The molecule has 1 aromatic carbocycles. The molecule has 0 saturated heterocycles. The van der Waals surface area contributed by atoms with E-state index in [9.17, 15) is 9.59 Å². The van der Waals surface area contributed by atoms with Crippen LogP contribution in [0.1, 0.15) is 27.7 Å². The molecule has 1 aliphatic rings. The number of aliphatic hydroxyl groups excluding tert-OH is 1. The molecule has 0 aliphatic carbocycles. The van der Waals surface area contributed by atoms with Crippen LogP contribution in [-0.2, 0) is 13.0 Å². The molecule has 3 rings (SSSR count). The topological polar surface area (TPSA) is 93.7 Å². The number of amides is 3. The first-order chi connectivity index (χ1) is 13.5. The van der Waals surface area contributed by atoms with Gasteiger partial charge in [-0.2, -0.15) is 0 Å². The number of carbonyl (C=O) groups is 2. The van der Waals surface area contributed by atoms with Crippen LogP contribution < -0.4 is 16.0 Å². The van der Waals surface area contributed by atoms with E-state index in [4.69, 9.17) is 16.7 Å². The number of anilines is 2. The first kappa shape index (κ1) is 20.6. The van der Waals surface area contributed by atoms with Crippen molar-refractivity contribution in [3.05, 3.63) is 45.3 Å². The molecule has 3 amide bonds. The van der Waals surface area contributed by atoms with Crippen LogP contribution in [0.4, 0.5) is 15.5 Å². The summed E-state index contributed by atoms with van der Waals surface area (Å²) in [6.45, 7) is 4.70. The van der Waals surface area contributed by atoms with Gasteiger partial charge < -0.3 is 15.7 Å². The molecular formula is C19H23ClN4O3S. The Labute approximate surface area is 172 Å². The molecule has 7 nitrogen and oxygen atoms in total. The normalized spacial score (nSPS) is 13.7. The summed E-state index contributed by atoms with van der Waals surface area (Å²) < 4.78 is 0. The van der Waals surface area contributed by atoms with Crippen LogP contribution in [-0.4, -0.2) is 48.2 Å². The van der Waals surface area contributed by atoms with Crippen molar-refractivity contribution in [2.75, 3.05) is 36.9 Å². The van der Waals surface area contributed by atoms with E-state index in [1.807, 2.05) is 0 Å². The average molecular weight is 423 g/mol. The number of likely N-dealkylation sites (N-methyl/N-ethyl adjacent to an activating group) is 1. The molecule has 0 radical (unpaired) electrons. The lowest BCUT2D eigenvalue weighted by Crippen LogP contribution is -2.32. The van der Waals surface area contributed by atoms with Crippen molar-refractivity contribution in [2.24, 2.45) is 0 Å². The number of fused-ring (bicyclic) bond motifs is 1. The molecule has 0 atom stereocenters. The van der Waals surface area contributed by atoms with Gasteiger partial charge in [-0.05, 0) is 42.8 Å².